The number of hydrogen-bond acceptors (Lipinski definition) is 2. The van der Waals surface area contributed by atoms with Gasteiger partial charge >= 0.3 is 0 Å². The summed E-state index contributed by atoms with van der Waals surface area (Å²) in [5, 5.41) is 9.78. The number of hydrogen-bond donors (Lipinski definition) is 1. The van der Waals surface area contributed by atoms with Crippen molar-refractivity contribution in [1.82, 2.24) is 4.98 Å². The van der Waals surface area contributed by atoms with Crippen LogP contribution in [0.2, 0.25) is 5.15 Å². The second kappa shape index (κ2) is 2.38. The second-order valence-electron chi connectivity index (χ2n) is 2.74. The molecule has 1 N–H and O–H groups in total. The highest BCUT2D eigenvalue weighted by Gasteiger charge is 2.16. The van der Waals surface area contributed by atoms with E-state index in [2.05, 4.69) is 4.98 Å². The summed E-state index contributed by atoms with van der Waals surface area (Å²) in [5.74, 6) is 0.303. The summed E-state index contributed by atoms with van der Waals surface area (Å²) in [6.45, 7) is 0. The van der Waals surface area contributed by atoms with Crippen molar-refractivity contribution in [3.05, 3.63) is 22.5 Å². The number of aromatic nitrogens is 1. The minimum Gasteiger partial charge on any atom is -0.507 e. The number of pyridine rings is 1. The SMILES string of the molecule is Oc1cc(Cl)nc2c1CCC2. The number of halogens is 1. The summed E-state index contributed by atoms with van der Waals surface area (Å²) in [4.78, 5) is 4.12. The third-order valence-corrected chi connectivity index (χ3v) is 2.19. The monoisotopic (exact) mass is 169 g/mol. The fourth-order valence-corrected chi connectivity index (χ4v) is 1.69. The topological polar surface area (TPSA) is 33.1 Å². The molecule has 0 unspecified atom stereocenters. The lowest BCUT2D eigenvalue weighted by Gasteiger charge is -2.00. The van der Waals surface area contributed by atoms with E-state index in [0.717, 1.165) is 30.5 Å². The fourth-order valence-electron chi connectivity index (χ4n) is 1.49. The Morgan fingerprint density at radius 1 is 1.45 bits per heavy atom. The van der Waals surface area contributed by atoms with Crippen molar-refractivity contribution in [3.8, 4) is 5.75 Å². The minimum absolute atomic E-state index is 0.303. The molecule has 0 aromatic carbocycles. The average molecular weight is 170 g/mol. The van der Waals surface area contributed by atoms with Gasteiger partial charge in [0.2, 0.25) is 0 Å². The largest absolute Gasteiger partial charge is 0.507 e. The third-order valence-electron chi connectivity index (χ3n) is 2.00. The quantitative estimate of drug-likeness (QED) is 0.602. The zero-order chi connectivity index (χ0) is 7.84. The van der Waals surface area contributed by atoms with E-state index in [1.54, 1.807) is 0 Å². The Labute approximate surface area is 69.8 Å². The van der Waals surface area contributed by atoms with Crippen LogP contribution in [-0.2, 0) is 12.8 Å². The minimum atomic E-state index is 0.303. The van der Waals surface area contributed by atoms with Crippen LogP contribution in [0.15, 0.2) is 6.07 Å². The van der Waals surface area contributed by atoms with Gasteiger partial charge < -0.3 is 5.11 Å². The van der Waals surface area contributed by atoms with Crippen molar-refractivity contribution in [2.24, 2.45) is 0 Å². The van der Waals surface area contributed by atoms with Gasteiger partial charge in [0.05, 0.1) is 0 Å². The second-order valence-corrected chi connectivity index (χ2v) is 3.13. The fraction of sp³-hybridized carbons (Fsp3) is 0.375. The van der Waals surface area contributed by atoms with E-state index in [9.17, 15) is 5.11 Å². The van der Waals surface area contributed by atoms with Crippen molar-refractivity contribution >= 4 is 11.6 Å². The van der Waals surface area contributed by atoms with Crippen LogP contribution in [0, 0.1) is 0 Å². The predicted octanol–water partition coefficient (Wildman–Crippen LogP) is 1.93. The third kappa shape index (κ3) is 1.07. The van der Waals surface area contributed by atoms with E-state index < -0.39 is 0 Å². The number of fused-ring (bicyclic) bond motifs is 1. The molecule has 11 heavy (non-hydrogen) atoms. The molecule has 0 saturated carbocycles. The standard InChI is InChI=1S/C8H8ClNO/c9-8-4-7(11)5-2-1-3-6(5)10-8/h4H,1-3H2,(H,10,11). The molecular weight excluding hydrogens is 162 g/mol. The molecule has 2 rings (SSSR count). The van der Waals surface area contributed by atoms with Crippen molar-refractivity contribution < 1.29 is 5.11 Å². The molecule has 0 fully saturated rings. The molecule has 0 radical (unpaired) electrons. The summed E-state index contributed by atoms with van der Waals surface area (Å²) < 4.78 is 0. The van der Waals surface area contributed by atoms with Gasteiger partial charge in [0.25, 0.3) is 0 Å². The van der Waals surface area contributed by atoms with Crippen LogP contribution in [-0.4, -0.2) is 10.1 Å². The summed E-state index contributed by atoms with van der Waals surface area (Å²) in [7, 11) is 0. The summed E-state index contributed by atoms with van der Waals surface area (Å²) in [5.41, 5.74) is 1.95. The van der Waals surface area contributed by atoms with E-state index in [-0.39, 0.29) is 0 Å². The molecule has 1 aromatic rings. The molecule has 0 spiro atoms. The van der Waals surface area contributed by atoms with Crippen molar-refractivity contribution in [3.63, 3.8) is 0 Å². The highest BCUT2D eigenvalue weighted by Crippen LogP contribution is 2.30. The van der Waals surface area contributed by atoms with Crippen molar-refractivity contribution in [2.75, 3.05) is 0 Å². The molecule has 58 valence electrons. The molecule has 0 amide bonds. The first-order chi connectivity index (χ1) is 5.27. The maximum atomic E-state index is 9.39. The lowest BCUT2D eigenvalue weighted by molar-refractivity contribution is 0.468. The van der Waals surface area contributed by atoms with Gasteiger partial charge in [-0.05, 0) is 19.3 Å². The average Bonchev–Trinajstić information content (AvgIpc) is 2.34. The van der Waals surface area contributed by atoms with Gasteiger partial charge in [-0.1, -0.05) is 11.6 Å². The van der Waals surface area contributed by atoms with E-state index in [1.807, 2.05) is 0 Å². The Kier molecular flexibility index (Phi) is 1.50. The highest BCUT2D eigenvalue weighted by molar-refractivity contribution is 6.29. The van der Waals surface area contributed by atoms with Crippen LogP contribution in [0.1, 0.15) is 17.7 Å². The van der Waals surface area contributed by atoms with Gasteiger partial charge in [0.15, 0.2) is 0 Å². The molecule has 1 aliphatic rings. The van der Waals surface area contributed by atoms with Crippen LogP contribution >= 0.6 is 11.6 Å². The molecule has 0 bridgehead atoms. The molecular formula is C8H8ClNO. The molecule has 3 heteroatoms. The molecule has 2 nitrogen and oxygen atoms in total. The Hall–Kier alpha value is -0.760. The normalized spacial score (nSPS) is 15.0. The van der Waals surface area contributed by atoms with E-state index >= 15 is 0 Å². The Morgan fingerprint density at radius 2 is 2.27 bits per heavy atom. The van der Waals surface area contributed by atoms with Gasteiger partial charge in [-0.3, -0.25) is 0 Å². The number of rotatable bonds is 0. The van der Waals surface area contributed by atoms with Gasteiger partial charge in [-0.25, -0.2) is 4.98 Å². The maximum absolute atomic E-state index is 9.39. The van der Waals surface area contributed by atoms with Crippen LogP contribution in [0.3, 0.4) is 0 Å². The molecule has 0 aliphatic heterocycles. The summed E-state index contributed by atoms with van der Waals surface area (Å²) in [6, 6.07) is 1.51. The van der Waals surface area contributed by atoms with Gasteiger partial charge in [0.1, 0.15) is 10.9 Å². The predicted molar refractivity (Wildman–Crippen MR) is 42.9 cm³/mol. The number of aryl methyl sites for hydroxylation is 1. The molecule has 1 heterocycles. The molecule has 1 aliphatic carbocycles. The van der Waals surface area contributed by atoms with Gasteiger partial charge in [-0.2, -0.15) is 0 Å². The Morgan fingerprint density at radius 3 is 3.09 bits per heavy atom. The van der Waals surface area contributed by atoms with Crippen LogP contribution in [0.25, 0.3) is 0 Å². The molecule has 0 saturated heterocycles. The van der Waals surface area contributed by atoms with Crippen LogP contribution in [0.4, 0.5) is 0 Å². The number of aromatic hydroxyl groups is 1. The zero-order valence-corrected chi connectivity index (χ0v) is 6.73. The van der Waals surface area contributed by atoms with Crippen LogP contribution in [0.5, 0.6) is 5.75 Å². The first-order valence-electron chi connectivity index (χ1n) is 3.64. The Balaban J connectivity index is 2.60. The first-order valence-corrected chi connectivity index (χ1v) is 4.02. The smallest absolute Gasteiger partial charge is 0.133 e. The van der Waals surface area contributed by atoms with Crippen LogP contribution < -0.4 is 0 Å². The van der Waals surface area contributed by atoms with E-state index in [4.69, 9.17) is 11.6 Å². The van der Waals surface area contributed by atoms with E-state index in [0.29, 0.717) is 10.9 Å². The number of nitrogens with zero attached hydrogens (tertiary/aromatic N) is 1. The molecule has 0 atom stereocenters. The summed E-state index contributed by atoms with van der Waals surface area (Å²) in [6.07, 6.45) is 2.96. The van der Waals surface area contributed by atoms with Gasteiger partial charge in [-0.15, -0.1) is 0 Å². The lowest BCUT2D eigenvalue weighted by atomic mass is 10.2. The zero-order valence-electron chi connectivity index (χ0n) is 5.97. The van der Waals surface area contributed by atoms with E-state index in [1.165, 1.54) is 6.07 Å². The Bertz CT molecular complexity index is 298. The summed E-state index contributed by atoms with van der Waals surface area (Å²) >= 11 is 5.66. The van der Waals surface area contributed by atoms with Gasteiger partial charge in [0, 0.05) is 17.3 Å². The first kappa shape index (κ1) is 6.92. The highest BCUT2D eigenvalue weighted by atomic mass is 35.5. The lowest BCUT2D eigenvalue weighted by Crippen LogP contribution is -1.88. The van der Waals surface area contributed by atoms with Crippen molar-refractivity contribution in [1.29, 1.82) is 0 Å². The van der Waals surface area contributed by atoms with Crippen molar-refractivity contribution in [2.45, 2.75) is 19.3 Å². The maximum Gasteiger partial charge on any atom is 0.133 e. The molecule has 1 aromatic heterocycles.